The first-order chi connectivity index (χ1) is 3.27. The first-order valence-electron chi connectivity index (χ1n) is 2.63. The highest BCUT2D eigenvalue weighted by molar-refractivity contribution is 4.72. The van der Waals surface area contributed by atoms with Gasteiger partial charge in [-0.05, 0) is 6.42 Å². The van der Waals surface area contributed by atoms with Crippen molar-refractivity contribution in [3.05, 3.63) is 0 Å². The third-order valence-corrected chi connectivity index (χ3v) is 1.42. The van der Waals surface area contributed by atoms with E-state index in [4.69, 9.17) is 9.84 Å². The molecule has 0 radical (unpaired) electrons. The average Bonchev–Trinajstić information content (AvgIpc) is 1.61. The van der Waals surface area contributed by atoms with Crippen LogP contribution in [-0.2, 0) is 4.74 Å². The van der Waals surface area contributed by atoms with Crippen molar-refractivity contribution in [2.24, 2.45) is 0 Å². The standard InChI is InChI=1S/C5H10O2/c1-2-5(6)3-4-7-5/h6H,2-4H2,1H3. The zero-order valence-electron chi connectivity index (χ0n) is 4.48. The van der Waals surface area contributed by atoms with E-state index in [-0.39, 0.29) is 0 Å². The maximum absolute atomic E-state index is 9.00. The minimum absolute atomic E-state index is 0.715. The molecule has 0 bridgehead atoms. The minimum Gasteiger partial charge on any atom is -0.365 e. The molecule has 1 aliphatic rings. The van der Waals surface area contributed by atoms with Crippen molar-refractivity contribution in [2.45, 2.75) is 25.6 Å². The van der Waals surface area contributed by atoms with E-state index in [9.17, 15) is 0 Å². The fourth-order valence-electron chi connectivity index (χ4n) is 0.617. The number of hydrogen-bond acceptors (Lipinski definition) is 2. The third kappa shape index (κ3) is 0.763. The van der Waals surface area contributed by atoms with Gasteiger partial charge in [0, 0.05) is 6.42 Å². The van der Waals surface area contributed by atoms with Gasteiger partial charge in [-0.25, -0.2) is 0 Å². The number of aliphatic hydroxyl groups is 1. The summed E-state index contributed by atoms with van der Waals surface area (Å²) < 4.78 is 4.82. The summed E-state index contributed by atoms with van der Waals surface area (Å²) in [4.78, 5) is 0. The lowest BCUT2D eigenvalue weighted by Gasteiger charge is -2.35. The van der Waals surface area contributed by atoms with Crippen LogP contribution < -0.4 is 0 Å². The van der Waals surface area contributed by atoms with Crippen LogP contribution in [0, 0.1) is 0 Å². The second kappa shape index (κ2) is 1.46. The third-order valence-electron chi connectivity index (χ3n) is 1.42. The van der Waals surface area contributed by atoms with Gasteiger partial charge < -0.3 is 9.84 Å². The highest BCUT2D eigenvalue weighted by Gasteiger charge is 2.33. The SMILES string of the molecule is CCC1(O)CCO1. The van der Waals surface area contributed by atoms with E-state index in [1.807, 2.05) is 6.92 Å². The Hall–Kier alpha value is -0.0800. The number of hydrogen-bond donors (Lipinski definition) is 1. The van der Waals surface area contributed by atoms with Crippen molar-refractivity contribution in [3.63, 3.8) is 0 Å². The maximum Gasteiger partial charge on any atom is 0.167 e. The zero-order valence-corrected chi connectivity index (χ0v) is 4.48. The molecule has 7 heavy (non-hydrogen) atoms. The Labute approximate surface area is 43.1 Å². The predicted molar refractivity (Wildman–Crippen MR) is 25.8 cm³/mol. The summed E-state index contributed by atoms with van der Waals surface area (Å²) in [5.74, 6) is -0.736. The molecule has 2 nitrogen and oxygen atoms in total. The smallest absolute Gasteiger partial charge is 0.167 e. The Morgan fingerprint density at radius 3 is 2.43 bits per heavy atom. The molecule has 42 valence electrons. The van der Waals surface area contributed by atoms with Crippen LogP contribution in [0.15, 0.2) is 0 Å². The van der Waals surface area contributed by atoms with E-state index in [1.165, 1.54) is 0 Å². The molecule has 0 aliphatic carbocycles. The van der Waals surface area contributed by atoms with E-state index in [1.54, 1.807) is 0 Å². The lowest BCUT2D eigenvalue weighted by Crippen LogP contribution is -2.42. The largest absolute Gasteiger partial charge is 0.365 e. The van der Waals surface area contributed by atoms with Gasteiger partial charge in [-0.1, -0.05) is 6.92 Å². The van der Waals surface area contributed by atoms with Crippen LogP contribution in [0.25, 0.3) is 0 Å². The normalized spacial score (nSPS) is 40.3. The summed E-state index contributed by atoms with van der Waals surface area (Å²) in [6, 6.07) is 0. The van der Waals surface area contributed by atoms with Crippen molar-refractivity contribution in [1.29, 1.82) is 0 Å². The van der Waals surface area contributed by atoms with Crippen LogP contribution in [0.2, 0.25) is 0 Å². The van der Waals surface area contributed by atoms with Gasteiger partial charge in [-0.3, -0.25) is 0 Å². The van der Waals surface area contributed by atoms with Crippen molar-refractivity contribution >= 4 is 0 Å². The molecule has 0 aromatic rings. The molecule has 0 saturated carbocycles. The molecule has 0 spiro atoms. The van der Waals surface area contributed by atoms with Crippen molar-refractivity contribution in [3.8, 4) is 0 Å². The summed E-state index contributed by atoms with van der Waals surface area (Å²) in [6.45, 7) is 2.64. The Morgan fingerprint density at radius 2 is 2.43 bits per heavy atom. The van der Waals surface area contributed by atoms with Crippen molar-refractivity contribution in [2.75, 3.05) is 6.61 Å². The number of ether oxygens (including phenoxy) is 1. The van der Waals surface area contributed by atoms with Crippen LogP contribution in [-0.4, -0.2) is 17.5 Å². The lowest BCUT2D eigenvalue weighted by molar-refractivity contribution is -0.282. The van der Waals surface area contributed by atoms with Crippen LogP contribution in [0.3, 0.4) is 0 Å². The van der Waals surface area contributed by atoms with Crippen molar-refractivity contribution in [1.82, 2.24) is 0 Å². The zero-order chi connectivity index (χ0) is 5.33. The molecule has 1 atom stereocenters. The summed E-state index contributed by atoms with van der Waals surface area (Å²) in [5.41, 5.74) is 0. The van der Waals surface area contributed by atoms with E-state index in [2.05, 4.69) is 0 Å². The molecule has 1 N–H and O–H groups in total. The van der Waals surface area contributed by atoms with Gasteiger partial charge in [0.1, 0.15) is 0 Å². The van der Waals surface area contributed by atoms with Crippen LogP contribution in [0.1, 0.15) is 19.8 Å². The lowest BCUT2D eigenvalue weighted by atomic mass is 10.1. The van der Waals surface area contributed by atoms with Gasteiger partial charge in [0.15, 0.2) is 5.79 Å². The second-order valence-electron chi connectivity index (χ2n) is 1.90. The molecule has 1 fully saturated rings. The van der Waals surface area contributed by atoms with Gasteiger partial charge in [0.2, 0.25) is 0 Å². The molecule has 1 aliphatic heterocycles. The van der Waals surface area contributed by atoms with Crippen molar-refractivity contribution < 1.29 is 9.84 Å². The molecule has 0 aromatic carbocycles. The van der Waals surface area contributed by atoms with Gasteiger partial charge >= 0.3 is 0 Å². The van der Waals surface area contributed by atoms with Crippen LogP contribution in [0.4, 0.5) is 0 Å². The van der Waals surface area contributed by atoms with Gasteiger partial charge in [0.05, 0.1) is 6.61 Å². The molecule has 0 amide bonds. The predicted octanol–water partition coefficient (Wildman–Crippen LogP) is 0.505. The fourth-order valence-corrected chi connectivity index (χ4v) is 0.617. The Morgan fingerprint density at radius 1 is 1.86 bits per heavy atom. The van der Waals surface area contributed by atoms with Gasteiger partial charge in [-0.2, -0.15) is 0 Å². The molecular formula is C5H10O2. The summed E-state index contributed by atoms with van der Waals surface area (Å²) in [5, 5.41) is 9.00. The van der Waals surface area contributed by atoms with E-state index >= 15 is 0 Å². The van der Waals surface area contributed by atoms with Crippen LogP contribution in [0.5, 0.6) is 0 Å². The summed E-state index contributed by atoms with van der Waals surface area (Å²) in [6.07, 6.45) is 1.52. The van der Waals surface area contributed by atoms with Gasteiger partial charge in [0.25, 0.3) is 0 Å². The first kappa shape index (κ1) is 5.06. The monoisotopic (exact) mass is 102 g/mol. The summed E-state index contributed by atoms with van der Waals surface area (Å²) in [7, 11) is 0. The van der Waals surface area contributed by atoms with Crippen LogP contribution >= 0.6 is 0 Å². The molecule has 0 aromatic heterocycles. The Balaban J connectivity index is 2.29. The first-order valence-corrected chi connectivity index (χ1v) is 2.63. The number of rotatable bonds is 1. The maximum atomic E-state index is 9.00. The molecule has 1 rings (SSSR count). The van der Waals surface area contributed by atoms with E-state index in [0.717, 1.165) is 13.0 Å². The topological polar surface area (TPSA) is 29.5 Å². The Kier molecular flexibility index (Phi) is 1.05. The van der Waals surface area contributed by atoms with Gasteiger partial charge in [-0.15, -0.1) is 0 Å². The summed E-state index contributed by atoms with van der Waals surface area (Å²) >= 11 is 0. The molecular weight excluding hydrogens is 92.1 g/mol. The average molecular weight is 102 g/mol. The van der Waals surface area contributed by atoms with E-state index < -0.39 is 5.79 Å². The molecule has 1 saturated heterocycles. The highest BCUT2D eigenvalue weighted by Crippen LogP contribution is 2.25. The fraction of sp³-hybridized carbons (Fsp3) is 1.00. The van der Waals surface area contributed by atoms with E-state index in [0.29, 0.717) is 6.42 Å². The molecule has 1 heterocycles. The molecule has 2 heteroatoms. The Bertz CT molecular complexity index is 61.0. The highest BCUT2D eigenvalue weighted by atomic mass is 16.6. The quantitative estimate of drug-likeness (QED) is 0.522. The molecule has 1 unspecified atom stereocenters. The minimum atomic E-state index is -0.736. The second-order valence-corrected chi connectivity index (χ2v) is 1.90.